The van der Waals surface area contributed by atoms with E-state index in [1.54, 1.807) is 22.6 Å². The Balaban J connectivity index is 1.61. The molecule has 0 atom stereocenters. The third-order valence-corrected chi connectivity index (χ3v) is 5.43. The number of hydrogen-bond donors (Lipinski definition) is 2. The van der Waals surface area contributed by atoms with E-state index in [1.807, 2.05) is 31.2 Å². The maximum atomic E-state index is 12.1. The second-order valence-electron chi connectivity index (χ2n) is 7.56. The Morgan fingerprint density at radius 1 is 1.23 bits per heavy atom. The number of nitrogens with zero attached hydrogens (tertiary/aromatic N) is 4. The quantitative estimate of drug-likeness (QED) is 0.346. The van der Waals surface area contributed by atoms with Gasteiger partial charge in [-0.15, -0.1) is 0 Å². The predicted molar refractivity (Wildman–Crippen MR) is 125 cm³/mol. The summed E-state index contributed by atoms with van der Waals surface area (Å²) in [5, 5.41) is 12.3. The smallest absolute Gasteiger partial charge is 0.258 e. The second kappa shape index (κ2) is 11.0. The van der Waals surface area contributed by atoms with E-state index in [1.165, 1.54) is 0 Å². The lowest BCUT2D eigenvalue weighted by Crippen LogP contribution is -2.31. The predicted octanol–water partition coefficient (Wildman–Crippen LogP) is 3.65. The summed E-state index contributed by atoms with van der Waals surface area (Å²) in [6.45, 7) is 9.21. The lowest BCUT2D eigenvalue weighted by Gasteiger charge is -2.12. The van der Waals surface area contributed by atoms with E-state index in [4.69, 9.17) is 9.72 Å². The van der Waals surface area contributed by atoms with Gasteiger partial charge in [-0.1, -0.05) is 36.4 Å². The fourth-order valence-corrected chi connectivity index (χ4v) is 3.57. The fourth-order valence-electron chi connectivity index (χ4n) is 2.88. The van der Waals surface area contributed by atoms with Gasteiger partial charge >= 0.3 is 0 Å². The van der Waals surface area contributed by atoms with Crippen molar-refractivity contribution in [1.29, 1.82) is 0 Å². The number of fused-ring (bicyclic) bond motifs is 1. The molecule has 0 bridgehead atoms. The Morgan fingerprint density at radius 3 is 2.71 bits per heavy atom. The van der Waals surface area contributed by atoms with Gasteiger partial charge in [-0.05, 0) is 39.3 Å². The van der Waals surface area contributed by atoms with E-state index in [9.17, 15) is 4.79 Å². The van der Waals surface area contributed by atoms with Crippen molar-refractivity contribution in [2.75, 3.05) is 24.2 Å². The second-order valence-corrected chi connectivity index (χ2v) is 8.62. The van der Waals surface area contributed by atoms with Gasteiger partial charge in [-0.25, -0.2) is 14.6 Å². The van der Waals surface area contributed by atoms with Crippen LogP contribution in [-0.4, -0.2) is 50.6 Å². The molecule has 31 heavy (non-hydrogen) atoms. The van der Waals surface area contributed by atoms with Crippen LogP contribution in [-0.2, 0) is 11.3 Å². The molecule has 8 nitrogen and oxygen atoms in total. The van der Waals surface area contributed by atoms with Crippen LogP contribution in [0.3, 0.4) is 0 Å². The summed E-state index contributed by atoms with van der Waals surface area (Å²) in [6, 6.07) is 7.86. The van der Waals surface area contributed by atoms with Crippen LogP contribution in [0.5, 0.6) is 5.75 Å². The van der Waals surface area contributed by atoms with E-state index in [0.717, 1.165) is 39.7 Å². The third kappa shape index (κ3) is 6.58. The molecule has 0 unspecified atom stereocenters. The zero-order chi connectivity index (χ0) is 22.2. The number of thioether (sulfide) groups is 1. The molecule has 1 aromatic carbocycles. The van der Waals surface area contributed by atoms with Gasteiger partial charge in [0.05, 0.1) is 18.1 Å². The number of nitrogens with one attached hydrogen (secondary N) is 2. The molecular formula is C22H30N6O2S. The zero-order valence-electron chi connectivity index (χ0n) is 18.5. The summed E-state index contributed by atoms with van der Waals surface area (Å²) in [6.07, 6.45) is 2.82. The van der Waals surface area contributed by atoms with E-state index in [0.29, 0.717) is 18.8 Å². The minimum Gasteiger partial charge on any atom is -0.484 e. The van der Waals surface area contributed by atoms with Gasteiger partial charge in [-0.2, -0.15) is 5.10 Å². The molecule has 0 aliphatic carbocycles. The molecule has 2 aromatic heterocycles. The van der Waals surface area contributed by atoms with Crippen molar-refractivity contribution in [3.8, 4) is 5.75 Å². The first-order valence-electron chi connectivity index (χ1n) is 10.5. The number of anilines is 1. The highest BCUT2D eigenvalue weighted by atomic mass is 32.2. The molecule has 166 valence electrons. The number of aryl methyl sites for hydroxylation is 1. The lowest BCUT2D eigenvalue weighted by atomic mass is 10.2. The van der Waals surface area contributed by atoms with Gasteiger partial charge in [0, 0.05) is 18.3 Å². The molecule has 3 aromatic rings. The Bertz CT molecular complexity index is 1000. The number of benzene rings is 1. The average Bonchev–Trinajstić information content (AvgIpc) is 3.15. The van der Waals surface area contributed by atoms with E-state index >= 15 is 0 Å². The third-order valence-electron chi connectivity index (χ3n) is 4.37. The Morgan fingerprint density at radius 2 is 2.00 bits per heavy atom. The summed E-state index contributed by atoms with van der Waals surface area (Å²) >= 11 is 1.63. The first-order chi connectivity index (χ1) is 15.0. The lowest BCUT2D eigenvalue weighted by molar-refractivity contribution is -0.123. The van der Waals surface area contributed by atoms with Crippen molar-refractivity contribution in [3.63, 3.8) is 0 Å². The van der Waals surface area contributed by atoms with E-state index in [-0.39, 0.29) is 18.6 Å². The summed E-state index contributed by atoms with van der Waals surface area (Å²) in [7, 11) is 0. The Labute approximate surface area is 187 Å². The minimum absolute atomic E-state index is 0.0225. The van der Waals surface area contributed by atoms with Gasteiger partial charge in [-0.3, -0.25) is 4.79 Å². The molecule has 0 radical (unpaired) electrons. The number of aromatic nitrogens is 4. The molecule has 0 spiro atoms. The highest BCUT2D eigenvalue weighted by Crippen LogP contribution is 2.25. The van der Waals surface area contributed by atoms with Crippen molar-refractivity contribution in [3.05, 3.63) is 36.0 Å². The number of hydrogen-bond acceptors (Lipinski definition) is 7. The molecule has 0 saturated heterocycles. The van der Waals surface area contributed by atoms with Crippen molar-refractivity contribution >= 4 is 34.5 Å². The number of amides is 1. The van der Waals surface area contributed by atoms with Gasteiger partial charge in [0.1, 0.15) is 11.6 Å². The molecule has 0 fully saturated rings. The van der Waals surface area contributed by atoms with E-state index in [2.05, 4.69) is 41.5 Å². The van der Waals surface area contributed by atoms with Crippen LogP contribution in [0.1, 0.15) is 32.8 Å². The number of carbonyl (C=O) groups excluding carboxylic acids is 1. The van der Waals surface area contributed by atoms with Crippen LogP contribution in [0.2, 0.25) is 0 Å². The molecule has 0 aliphatic rings. The Hall–Kier alpha value is -2.81. The molecule has 1 amide bonds. The molecule has 0 aliphatic heterocycles. The molecular weight excluding hydrogens is 412 g/mol. The maximum Gasteiger partial charge on any atom is 0.258 e. The monoisotopic (exact) mass is 442 g/mol. The SMILES string of the molecule is CCCSc1nc(NC(C)C)c2cnn(CCNC(=O)COc3ccc(C)cc3)c2n1. The summed E-state index contributed by atoms with van der Waals surface area (Å²) in [5.74, 6) is 2.25. The number of rotatable bonds is 11. The summed E-state index contributed by atoms with van der Waals surface area (Å²) < 4.78 is 7.33. The Kier molecular flexibility index (Phi) is 8.11. The molecule has 9 heteroatoms. The first-order valence-corrected chi connectivity index (χ1v) is 11.5. The van der Waals surface area contributed by atoms with E-state index < -0.39 is 0 Å². The maximum absolute atomic E-state index is 12.1. The largest absolute Gasteiger partial charge is 0.484 e. The molecule has 2 heterocycles. The zero-order valence-corrected chi connectivity index (χ0v) is 19.3. The van der Waals surface area contributed by atoms with Gasteiger partial charge in [0.25, 0.3) is 5.91 Å². The normalized spacial score (nSPS) is 11.1. The van der Waals surface area contributed by atoms with Crippen LogP contribution in [0.15, 0.2) is 35.6 Å². The highest BCUT2D eigenvalue weighted by molar-refractivity contribution is 7.99. The summed E-state index contributed by atoms with van der Waals surface area (Å²) in [4.78, 5) is 21.5. The van der Waals surface area contributed by atoms with Crippen LogP contribution in [0, 0.1) is 6.92 Å². The highest BCUT2D eigenvalue weighted by Gasteiger charge is 2.14. The van der Waals surface area contributed by atoms with Crippen LogP contribution in [0.4, 0.5) is 5.82 Å². The average molecular weight is 443 g/mol. The van der Waals surface area contributed by atoms with Crippen molar-refractivity contribution < 1.29 is 9.53 Å². The molecule has 2 N–H and O–H groups in total. The van der Waals surface area contributed by atoms with Crippen LogP contribution in [0.25, 0.3) is 11.0 Å². The number of carbonyl (C=O) groups is 1. The molecule has 3 rings (SSSR count). The van der Waals surface area contributed by atoms with Crippen molar-refractivity contribution in [2.45, 2.75) is 51.9 Å². The van der Waals surface area contributed by atoms with Crippen LogP contribution >= 0.6 is 11.8 Å². The number of ether oxygens (including phenoxy) is 1. The van der Waals surface area contributed by atoms with Gasteiger partial charge in [0.2, 0.25) is 0 Å². The van der Waals surface area contributed by atoms with Gasteiger partial charge in [0.15, 0.2) is 17.4 Å². The van der Waals surface area contributed by atoms with Gasteiger partial charge < -0.3 is 15.4 Å². The van der Waals surface area contributed by atoms with Crippen LogP contribution < -0.4 is 15.4 Å². The summed E-state index contributed by atoms with van der Waals surface area (Å²) in [5.41, 5.74) is 1.91. The van der Waals surface area contributed by atoms with Crippen molar-refractivity contribution in [1.82, 2.24) is 25.1 Å². The standard InChI is InChI=1S/C22H30N6O2S/c1-5-12-31-22-26-20(25-15(2)3)18-13-24-28(21(18)27-22)11-10-23-19(29)14-30-17-8-6-16(4)7-9-17/h6-9,13,15H,5,10-12,14H2,1-4H3,(H,23,29)(H,25,26,27). The fraction of sp³-hybridized carbons (Fsp3) is 0.455. The topological polar surface area (TPSA) is 94.0 Å². The van der Waals surface area contributed by atoms with Crippen molar-refractivity contribution in [2.24, 2.45) is 0 Å². The molecule has 0 saturated carbocycles. The first kappa shape index (κ1) is 22.9. The minimum atomic E-state index is -0.173.